The second-order valence-electron chi connectivity index (χ2n) is 7.01. The van der Waals surface area contributed by atoms with Crippen LogP contribution in [0.2, 0.25) is 0 Å². The van der Waals surface area contributed by atoms with Crippen molar-refractivity contribution in [2.75, 3.05) is 0 Å². The van der Waals surface area contributed by atoms with Gasteiger partial charge in [-0.2, -0.15) is 5.10 Å². The Kier molecular flexibility index (Phi) is 4.40. The summed E-state index contributed by atoms with van der Waals surface area (Å²) in [6, 6.07) is -0.0757. The first-order valence-corrected chi connectivity index (χ1v) is 7.88. The number of hydrogen-bond acceptors (Lipinski definition) is 3. The van der Waals surface area contributed by atoms with Crippen LogP contribution in [0.25, 0.3) is 0 Å². The van der Waals surface area contributed by atoms with Crippen LogP contribution >= 0.6 is 0 Å². The number of aromatic nitrogens is 3. The normalized spacial score (nSPS) is 26.8. The minimum Gasteiger partial charge on any atom is -0.481 e. The number of nitrogens with zero attached hydrogens (tertiary/aromatic N) is 3. The largest absolute Gasteiger partial charge is 0.481 e. The molecule has 118 valence electrons. The van der Waals surface area contributed by atoms with E-state index in [1.165, 1.54) is 0 Å². The third-order valence-corrected chi connectivity index (χ3v) is 5.37. The van der Waals surface area contributed by atoms with Crippen molar-refractivity contribution in [3.05, 3.63) is 11.6 Å². The molecule has 5 nitrogen and oxygen atoms in total. The monoisotopic (exact) mass is 293 g/mol. The van der Waals surface area contributed by atoms with Gasteiger partial charge in [0, 0.05) is 0 Å². The van der Waals surface area contributed by atoms with Crippen molar-refractivity contribution in [1.29, 1.82) is 0 Å². The number of carboxylic acids is 1. The van der Waals surface area contributed by atoms with Gasteiger partial charge in [0.05, 0.1) is 12.0 Å². The van der Waals surface area contributed by atoms with Crippen LogP contribution in [0, 0.1) is 31.1 Å². The lowest BCUT2D eigenvalue weighted by atomic mass is 9.66. The van der Waals surface area contributed by atoms with Gasteiger partial charge in [-0.05, 0) is 44.4 Å². The van der Waals surface area contributed by atoms with Crippen molar-refractivity contribution in [3.8, 4) is 0 Å². The molecule has 3 unspecified atom stereocenters. The molecule has 0 amide bonds. The van der Waals surface area contributed by atoms with E-state index in [0.29, 0.717) is 11.7 Å². The number of aryl methyl sites for hydroxylation is 2. The van der Waals surface area contributed by atoms with E-state index in [9.17, 15) is 9.90 Å². The van der Waals surface area contributed by atoms with Crippen LogP contribution in [0.1, 0.15) is 64.1 Å². The molecule has 0 radical (unpaired) electrons. The average molecular weight is 293 g/mol. The molecule has 0 aliphatic heterocycles. The van der Waals surface area contributed by atoms with Crippen molar-refractivity contribution in [2.24, 2.45) is 17.3 Å². The highest BCUT2D eigenvalue weighted by molar-refractivity contribution is 5.70. The Bertz CT molecular complexity index is 522. The Morgan fingerprint density at radius 2 is 2.05 bits per heavy atom. The molecule has 0 spiro atoms. The van der Waals surface area contributed by atoms with Crippen molar-refractivity contribution >= 4 is 5.97 Å². The van der Waals surface area contributed by atoms with E-state index in [1.54, 1.807) is 0 Å². The second kappa shape index (κ2) is 5.78. The van der Waals surface area contributed by atoms with E-state index < -0.39 is 5.97 Å². The van der Waals surface area contributed by atoms with Gasteiger partial charge >= 0.3 is 5.97 Å². The lowest BCUT2D eigenvalue weighted by Crippen LogP contribution is -2.38. The Morgan fingerprint density at radius 3 is 2.52 bits per heavy atom. The average Bonchev–Trinajstić information content (AvgIpc) is 2.76. The molecular formula is C16H27N3O2. The van der Waals surface area contributed by atoms with Crippen LogP contribution in [0.4, 0.5) is 0 Å². The van der Waals surface area contributed by atoms with E-state index in [0.717, 1.165) is 31.5 Å². The van der Waals surface area contributed by atoms with Crippen molar-refractivity contribution < 1.29 is 9.90 Å². The van der Waals surface area contributed by atoms with Gasteiger partial charge in [0.15, 0.2) is 0 Å². The summed E-state index contributed by atoms with van der Waals surface area (Å²) < 4.78 is 1.85. The van der Waals surface area contributed by atoms with Gasteiger partial charge in [-0.25, -0.2) is 9.67 Å². The molecule has 1 aliphatic rings. The summed E-state index contributed by atoms with van der Waals surface area (Å²) in [6.07, 6.45) is 3.70. The first-order valence-electron chi connectivity index (χ1n) is 7.88. The lowest BCUT2D eigenvalue weighted by Gasteiger charge is -2.42. The minimum atomic E-state index is -0.708. The van der Waals surface area contributed by atoms with E-state index in [2.05, 4.69) is 30.9 Å². The third kappa shape index (κ3) is 3.11. The maximum Gasteiger partial charge on any atom is 0.308 e. The molecule has 1 aromatic heterocycles. The first-order chi connectivity index (χ1) is 9.76. The number of rotatable bonds is 4. The molecular weight excluding hydrogens is 266 g/mol. The Labute approximate surface area is 126 Å². The molecule has 1 N–H and O–H groups in total. The molecule has 0 aromatic carbocycles. The van der Waals surface area contributed by atoms with Gasteiger partial charge < -0.3 is 5.11 Å². The molecule has 5 heteroatoms. The maximum atomic E-state index is 11.6. The first kappa shape index (κ1) is 16.0. The van der Waals surface area contributed by atoms with Crippen LogP contribution in [0.5, 0.6) is 0 Å². The molecule has 1 aliphatic carbocycles. The van der Waals surface area contributed by atoms with Gasteiger partial charge in [-0.3, -0.25) is 4.79 Å². The SMILES string of the molecule is CCC(C)(C)C1CCC(C(=O)O)C(n2nc(C)nc2C)C1. The zero-order chi connectivity index (χ0) is 15.8. The molecule has 1 aromatic rings. The number of carbonyl (C=O) groups is 1. The third-order valence-electron chi connectivity index (χ3n) is 5.37. The number of carboxylic acid groups (broad SMARTS) is 1. The number of aliphatic carboxylic acids is 1. The summed E-state index contributed by atoms with van der Waals surface area (Å²) >= 11 is 0. The predicted octanol–water partition coefficient (Wildman–Crippen LogP) is 3.37. The Hall–Kier alpha value is -1.39. The molecule has 3 atom stereocenters. The minimum absolute atomic E-state index is 0.0757. The summed E-state index contributed by atoms with van der Waals surface area (Å²) in [5.41, 5.74) is 0.241. The lowest BCUT2D eigenvalue weighted by molar-refractivity contribution is -0.145. The molecule has 1 heterocycles. The highest BCUT2D eigenvalue weighted by atomic mass is 16.4. The fraction of sp³-hybridized carbons (Fsp3) is 0.812. The molecule has 0 bridgehead atoms. The van der Waals surface area contributed by atoms with E-state index >= 15 is 0 Å². The van der Waals surface area contributed by atoms with Crippen molar-refractivity contribution in [3.63, 3.8) is 0 Å². The number of hydrogen-bond donors (Lipinski definition) is 1. The fourth-order valence-corrected chi connectivity index (χ4v) is 3.55. The summed E-state index contributed by atoms with van der Waals surface area (Å²) in [5, 5.41) is 14.0. The molecule has 2 rings (SSSR count). The highest BCUT2D eigenvalue weighted by Gasteiger charge is 2.41. The Balaban J connectivity index is 2.32. The summed E-state index contributed by atoms with van der Waals surface area (Å²) in [6.45, 7) is 10.6. The van der Waals surface area contributed by atoms with Gasteiger partial charge in [0.1, 0.15) is 11.6 Å². The van der Waals surface area contributed by atoms with Crippen LogP contribution in [-0.4, -0.2) is 25.8 Å². The predicted molar refractivity (Wildman–Crippen MR) is 81.1 cm³/mol. The standard InChI is InChI=1S/C16H27N3O2/c1-6-16(4,5)12-7-8-13(15(20)21)14(9-12)19-11(3)17-10(2)18-19/h12-14H,6-9H2,1-5H3,(H,20,21). The van der Waals surface area contributed by atoms with Crippen LogP contribution in [0.15, 0.2) is 0 Å². The molecule has 1 fully saturated rings. The molecule has 0 saturated heterocycles. The van der Waals surface area contributed by atoms with Crippen molar-refractivity contribution in [2.45, 2.75) is 66.3 Å². The van der Waals surface area contributed by atoms with E-state index in [-0.39, 0.29) is 17.4 Å². The topological polar surface area (TPSA) is 68.0 Å². The quantitative estimate of drug-likeness (QED) is 0.924. The second-order valence-corrected chi connectivity index (χ2v) is 7.01. The Morgan fingerprint density at radius 1 is 1.38 bits per heavy atom. The van der Waals surface area contributed by atoms with Gasteiger partial charge in [-0.15, -0.1) is 0 Å². The summed E-state index contributed by atoms with van der Waals surface area (Å²) in [7, 11) is 0. The smallest absolute Gasteiger partial charge is 0.308 e. The van der Waals surface area contributed by atoms with E-state index in [4.69, 9.17) is 0 Å². The zero-order valence-electron chi connectivity index (χ0n) is 13.8. The summed E-state index contributed by atoms with van der Waals surface area (Å²) in [4.78, 5) is 16.0. The highest BCUT2D eigenvalue weighted by Crippen LogP contribution is 2.46. The van der Waals surface area contributed by atoms with Crippen LogP contribution < -0.4 is 0 Å². The molecule has 1 saturated carbocycles. The van der Waals surface area contributed by atoms with E-state index in [1.807, 2.05) is 18.5 Å². The van der Waals surface area contributed by atoms with Gasteiger partial charge in [-0.1, -0.05) is 27.2 Å². The molecule has 21 heavy (non-hydrogen) atoms. The fourth-order valence-electron chi connectivity index (χ4n) is 3.55. The zero-order valence-corrected chi connectivity index (χ0v) is 13.8. The van der Waals surface area contributed by atoms with Gasteiger partial charge in [0.25, 0.3) is 0 Å². The summed E-state index contributed by atoms with van der Waals surface area (Å²) in [5.74, 6) is 1.01. The van der Waals surface area contributed by atoms with Crippen LogP contribution in [0.3, 0.4) is 0 Å². The van der Waals surface area contributed by atoms with Gasteiger partial charge in [0.2, 0.25) is 0 Å². The maximum absolute atomic E-state index is 11.6. The van der Waals surface area contributed by atoms with Crippen LogP contribution in [-0.2, 0) is 4.79 Å². The van der Waals surface area contributed by atoms with Crippen molar-refractivity contribution in [1.82, 2.24) is 14.8 Å².